The van der Waals surface area contributed by atoms with Crippen molar-refractivity contribution in [3.63, 3.8) is 0 Å². The minimum Gasteiger partial charge on any atom is -0.497 e. The molecular formula is C21H26N2O2. The van der Waals surface area contributed by atoms with Gasteiger partial charge in [0.15, 0.2) is 0 Å². The summed E-state index contributed by atoms with van der Waals surface area (Å²) in [4.78, 5) is 14.3. The quantitative estimate of drug-likeness (QED) is 0.838. The van der Waals surface area contributed by atoms with Gasteiger partial charge in [-0.05, 0) is 61.7 Å². The molecule has 4 nitrogen and oxygen atoms in total. The molecule has 1 atom stereocenters. The summed E-state index contributed by atoms with van der Waals surface area (Å²) in [5.41, 5.74) is 9.48. The lowest BCUT2D eigenvalue weighted by atomic mass is 9.65. The molecule has 1 amide bonds. The Kier molecular flexibility index (Phi) is 4.02. The van der Waals surface area contributed by atoms with Gasteiger partial charge < -0.3 is 15.4 Å². The number of nitrogens with zero attached hydrogens (tertiary/aromatic N) is 1. The molecule has 132 valence electrons. The van der Waals surface area contributed by atoms with Crippen LogP contribution in [0.25, 0.3) is 0 Å². The minimum atomic E-state index is -0.302. The van der Waals surface area contributed by atoms with E-state index < -0.39 is 0 Å². The van der Waals surface area contributed by atoms with Crippen molar-refractivity contribution in [3.8, 4) is 5.75 Å². The average molecular weight is 338 g/mol. The number of nitrogens with two attached hydrogens (primary N) is 1. The molecule has 0 radical (unpaired) electrons. The third kappa shape index (κ3) is 2.76. The molecule has 0 bridgehead atoms. The first kappa shape index (κ1) is 17.3. The first-order valence-corrected chi connectivity index (χ1v) is 8.54. The number of benzene rings is 2. The number of rotatable bonds is 2. The monoisotopic (exact) mass is 338 g/mol. The van der Waals surface area contributed by atoms with Gasteiger partial charge in [-0.15, -0.1) is 0 Å². The van der Waals surface area contributed by atoms with Crippen molar-refractivity contribution in [2.24, 2.45) is 0 Å². The lowest BCUT2D eigenvalue weighted by molar-refractivity contribution is -0.117. The number of carbonyl (C=O) groups is 1. The minimum absolute atomic E-state index is 0.0489. The van der Waals surface area contributed by atoms with Crippen LogP contribution in [0.2, 0.25) is 0 Å². The summed E-state index contributed by atoms with van der Waals surface area (Å²) in [5.74, 6) is 0.883. The summed E-state index contributed by atoms with van der Waals surface area (Å²) in [6.07, 6.45) is 0.808. The maximum absolute atomic E-state index is 12.4. The summed E-state index contributed by atoms with van der Waals surface area (Å²) in [6.45, 7) is 8.09. The summed E-state index contributed by atoms with van der Waals surface area (Å²) in [7, 11) is 1.67. The largest absolute Gasteiger partial charge is 0.497 e. The van der Waals surface area contributed by atoms with E-state index in [1.54, 1.807) is 14.0 Å². The van der Waals surface area contributed by atoms with Crippen molar-refractivity contribution in [3.05, 3.63) is 53.6 Å². The number of hydrogen-bond acceptors (Lipinski definition) is 3. The molecule has 4 heteroatoms. The van der Waals surface area contributed by atoms with Crippen molar-refractivity contribution >= 4 is 17.3 Å². The highest BCUT2D eigenvalue weighted by Gasteiger charge is 2.47. The van der Waals surface area contributed by atoms with Crippen LogP contribution in [-0.4, -0.2) is 18.6 Å². The molecule has 0 aromatic heterocycles. The summed E-state index contributed by atoms with van der Waals surface area (Å²) >= 11 is 0. The standard InChI is InChI=1S/C21H26N2O2/c1-14(24)23-19-11-8-16(22)12-18(19)21(4,13-20(23,2)3)15-6-9-17(25-5)10-7-15/h6-12H,13,22H2,1-5H3. The van der Waals surface area contributed by atoms with Gasteiger partial charge in [0.05, 0.1) is 7.11 Å². The number of nitrogen functional groups attached to an aromatic ring is 1. The van der Waals surface area contributed by atoms with Gasteiger partial charge in [-0.3, -0.25) is 4.79 Å². The highest BCUT2D eigenvalue weighted by Crippen LogP contribution is 2.51. The lowest BCUT2D eigenvalue weighted by Gasteiger charge is -2.51. The fraction of sp³-hybridized carbons (Fsp3) is 0.381. The molecule has 0 saturated heterocycles. The van der Waals surface area contributed by atoms with Crippen molar-refractivity contribution < 1.29 is 9.53 Å². The maximum Gasteiger partial charge on any atom is 0.224 e. The fourth-order valence-corrected chi connectivity index (χ4v) is 4.37. The van der Waals surface area contributed by atoms with E-state index in [1.165, 1.54) is 5.56 Å². The Morgan fingerprint density at radius 1 is 1.12 bits per heavy atom. The van der Waals surface area contributed by atoms with Gasteiger partial charge in [0, 0.05) is 29.3 Å². The van der Waals surface area contributed by atoms with E-state index >= 15 is 0 Å². The maximum atomic E-state index is 12.4. The molecule has 1 aliphatic heterocycles. The van der Waals surface area contributed by atoms with E-state index in [0.29, 0.717) is 5.69 Å². The predicted molar refractivity (Wildman–Crippen MR) is 102 cm³/mol. The van der Waals surface area contributed by atoms with Crippen molar-refractivity contribution in [1.82, 2.24) is 0 Å². The third-order valence-electron chi connectivity index (χ3n) is 5.29. The highest BCUT2D eigenvalue weighted by atomic mass is 16.5. The molecular weight excluding hydrogens is 312 g/mol. The van der Waals surface area contributed by atoms with E-state index in [9.17, 15) is 4.79 Å². The average Bonchev–Trinajstić information content (AvgIpc) is 2.54. The van der Waals surface area contributed by atoms with E-state index in [-0.39, 0.29) is 16.9 Å². The number of methoxy groups -OCH3 is 1. The molecule has 1 aliphatic rings. The molecule has 0 spiro atoms. The Hall–Kier alpha value is -2.49. The van der Waals surface area contributed by atoms with Gasteiger partial charge in [0.1, 0.15) is 5.75 Å². The smallest absolute Gasteiger partial charge is 0.224 e. The Morgan fingerprint density at radius 3 is 2.32 bits per heavy atom. The molecule has 1 heterocycles. The Morgan fingerprint density at radius 2 is 1.76 bits per heavy atom. The zero-order chi connectivity index (χ0) is 18.4. The number of carbonyl (C=O) groups excluding carboxylic acids is 1. The van der Waals surface area contributed by atoms with Crippen LogP contribution >= 0.6 is 0 Å². The first-order chi connectivity index (χ1) is 11.7. The molecule has 2 aromatic carbocycles. The van der Waals surface area contributed by atoms with Crippen LogP contribution in [0.5, 0.6) is 5.75 Å². The van der Waals surface area contributed by atoms with E-state index in [2.05, 4.69) is 32.9 Å². The second kappa shape index (κ2) is 5.80. The highest BCUT2D eigenvalue weighted by molar-refractivity contribution is 5.95. The molecule has 0 saturated carbocycles. The second-order valence-corrected chi connectivity index (χ2v) is 7.68. The Bertz CT molecular complexity index is 811. The van der Waals surface area contributed by atoms with Gasteiger partial charge in [-0.25, -0.2) is 0 Å². The van der Waals surface area contributed by atoms with Crippen molar-refractivity contribution in [2.45, 2.75) is 45.1 Å². The summed E-state index contributed by atoms with van der Waals surface area (Å²) < 4.78 is 5.29. The summed E-state index contributed by atoms with van der Waals surface area (Å²) in [6, 6.07) is 14.0. The second-order valence-electron chi connectivity index (χ2n) is 7.68. The van der Waals surface area contributed by atoms with Crippen LogP contribution in [0.3, 0.4) is 0 Å². The Balaban J connectivity index is 2.24. The molecule has 0 fully saturated rings. The van der Waals surface area contributed by atoms with Gasteiger partial charge in [-0.1, -0.05) is 19.1 Å². The van der Waals surface area contributed by atoms with E-state index in [0.717, 1.165) is 23.4 Å². The molecule has 3 rings (SSSR count). The molecule has 2 aromatic rings. The topological polar surface area (TPSA) is 55.6 Å². The van der Waals surface area contributed by atoms with Crippen molar-refractivity contribution in [1.29, 1.82) is 0 Å². The molecule has 2 N–H and O–H groups in total. The zero-order valence-corrected chi connectivity index (χ0v) is 15.6. The van der Waals surface area contributed by atoms with E-state index in [4.69, 9.17) is 10.5 Å². The SMILES string of the molecule is COc1ccc(C2(C)CC(C)(C)N(C(C)=O)c3ccc(N)cc32)cc1. The van der Waals surface area contributed by atoms with Crippen LogP contribution < -0.4 is 15.4 Å². The van der Waals surface area contributed by atoms with Crippen LogP contribution in [0, 0.1) is 0 Å². The van der Waals surface area contributed by atoms with Gasteiger partial charge in [0.25, 0.3) is 0 Å². The predicted octanol–water partition coefficient (Wildman–Crippen LogP) is 4.12. The molecule has 1 unspecified atom stereocenters. The number of ether oxygens (including phenoxy) is 1. The number of amides is 1. The normalized spacial score (nSPS) is 21.6. The Labute approximate surface area is 149 Å². The van der Waals surface area contributed by atoms with Crippen LogP contribution in [0.4, 0.5) is 11.4 Å². The molecule has 0 aliphatic carbocycles. The molecule has 25 heavy (non-hydrogen) atoms. The number of anilines is 2. The van der Waals surface area contributed by atoms with Crippen LogP contribution in [0.15, 0.2) is 42.5 Å². The van der Waals surface area contributed by atoms with Crippen LogP contribution in [0.1, 0.15) is 45.2 Å². The third-order valence-corrected chi connectivity index (χ3v) is 5.29. The fourth-order valence-electron chi connectivity index (χ4n) is 4.37. The zero-order valence-electron chi connectivity index (χ0n) is 15.6. The van der Waals surface area contributed by atoms with Gasteiger partial charge in [0.2, 0.25) is 5.91 Å². The van der Waals surface area contributed by atoms with Gasteiger partial charge in [-0.2, -0.15) is 0 Å². The summed E-state index contributed by atoms with van der Waals surface area (Å²) in [5, 5.41) is 0. The van der Waals surface area contributed by atoms with Crippen LogP contribution in [-0.2, 0) is 10.2 Å². The van der Waals surface area contributed by atoms with Gasteiger partial charge >= 0.3 is 0 Å². The number of fused-ring (bicyclic) bond motifs is 1. The lowest BCUT2D eigenvalue weighted by Crippen LogP contribution is -2.55. The van der Waals surface area contributed by atoms with Crippen molar-refractivity contribution in [2.75, 3.05) is 17.7 Å². The van der Waals surface area contributed by atoms with E-state index in [1.807, 2.05) is 35.2 Å². The number of hydrogen-bond donors (Lipinski definition) is 1. The first-order valence-electron chi connectivity index (χ1n) is 8.54.